The van der Waals surface area contributed by atoms with Crippen molar-refractivity contribution in [1.29, 1.82) is 0 Å². The summed E-state index contributed by atoms with van der Waals surface area (Å²) in [6.07, 6.45) is 2.73. The molecule has 28 heavy (non-hydrogen) atoms. The Morgan fingerprint density at radius 3 is 2.82 bits per heavy atom. The second-order valence-corrected chi connectivity index (χ2v) is 7.52. The van der Waals surface area contributed by atoms with E-state index in [9.17, 15) is 9.50 Å². The number of ether oxygens (including phenoxy) is 1. The van der Waals surface area contributed by atoms with Gasteiger partial charge in [0, 0.05) is 24.1 Å². The van der Waals surface area contributed by atoms with Gasteiger partial charge in [-0.15, -0.1) is 12.4 Å². The maximum absolute atomic E-state index is 13.8. The summed E-state index contributed by atoms with van der Waals surface area (Å²) in [5.41, 5.74) is 2.67. The van der Waals surface area contributed by atoms with Gasteiger partial charge in [0.2, 0.25) is 5.88 Å². The molecule has 0 saturated heterocycles. The van der Waals surface area contributed by atoms with Crippen LogP contribution in [0.4, 0.5) is 4.39 Å². The van der Waals surface area contributed by atoms with Gasteiger partial charge in [0.15, 0.2) is 0 Å². The van der Waals surface area contributed by atoms with Gasteiger partial charge in [-0.2, -0.15) is 0 Å². The van der Waals surface area contributed by atoms with Gasteiger partial charge in [-0.25, -0.2) is 14.4 Å². The Morgan fingerprint density at radius 1 is 1.25 bits per heavy atom. The average Bonchev–Trinajstić information content (AvgIpc) is 2.61. The van der Waals surface area contributed by atoms with E-state index in [2.05, 4.69) is 15.3 Å². The van der Waals surface area contributed by atoms with E-state index in [1.807, 2.05) is 38.1 Å². The summed E-state index contributed by atoms with van der Waals surface area (Å²) in [6, 6.07) is 10.7. The van der Waals surface area contributed by atoms with E-state index < -0.39 is 0 Å². The van der Waals surface area contributed by atoms with Crippen molar-refractivity contribution in [2.45, 2.75) is 38.3 Å². The van der Waals surface area contributed by atoms with E-state index in [0.717, 1.165) is 17.7 Å². The number of halogens is 2. The maximum atomic E-state index is 13.8. The molecular weight excluding hydrogens is 381 g/mol. The van der Waals surface area contributed by atoms with Gasteiger partial charge in [0.25, 0.3) is 0 Å². The zero-order valence-corrected chi connectivity index (χ0v) is 16.6. The number of fused-ring (bicyclic) bond motifs is 2. The van der Waals surface area contributed by atoms with Crippen molar-refractivity contribution >= 4 is 23.4 Å². The van der Waals surface area contributed by atoms with Gasteiger partial charge in [-0.05, 0) is 44.5 Å². The third kappa shape index (κ3) is 4.18. The van der Waals surface area contributed by atoms with Crippen LogP contribution in [0.5, 0.6) is 11.6 Å². The van der Waals surface area contributed by atoms with Crippen molar-refractivity contribution in [3.05, 3.63) is 59.5 Å². The molecule has 3 aromatic rings. The normalized spacial score (nSPS) is 17.5. The van der Waals surface area contributed by atoms with E-state index >= 15 is 0 Å². The molecule has 0 amide bonds. The summed E-state index contributed by atoms with van der Waals surface area (Å²) in [6.45, 7) is 4.74. The minimum absolute atomic E-state index is 0. The summed E-state index contributed by atoms with van der Waals surface area (Å²) >= 11 is 0. The second-order valence-electron chi connectivity index (χ2n) is 7.52. The first-order chi connectivity index (χ1) is 12.9. The Kier molecular flexibility index (Phi) is 5.72. The Balaban J connectivity index is 0.00000225. The summed E-state index contributed by atoms with van der Waals surface area (Å²) in [4.78, 5) is 8.37. The lowest BCUT2D eigenvalue weighted by atomic mass is 9.89. The fourth-order valence-electron chi connectivity index (χ4n) is 3.61. The number of benzene rings is 2. The molecule has 148 valence electrons. The SMILES string of the molecule is CC1(C)C[C@H](NCCc2ccccc2F)c2cc3ncc(O)nc3cc2O1.Cl. The second kappa shape index (κ2) is 7.89. The van der Waals surface area contributed by atoms with Gasteiger partial charge in [0.1, 0.15) is 17.2 Å². The summed E-state index contributed by atoms with van der Waals surface area (Å²) in [7, 11) is 0. The quantitative estimate of drug-likeness (QED) is 0.678. The third-order valence-electron chi connectivity index (χ3n) is 4.86. The molecule has 7 heteroatoms. The van der Waals surface area contributed by atoms with Crippen LogP contribution in [0.15, 0.2) is 42.6 Å². The highest BCUT2D eigenvalue weighted by Crippen LogP contribution is 2.41. The first-order valence-corrected chi connectivity index (χ1v) is 9.07. The smallest absolute Gasteiger partial charge is 0.230 e. The van der Waals surface area contributed by atoms with Crippen LogP contribution in [0.3, 0.4) is 0 Å². The monoisotopic (exact) mass is 403 g/mol. The lowest BCUT2D eigenvalue weighted by molar-refractivity contribution is 0.0664. The summed E-state index contributed by atoms with van der Waals surface area (Å²) in [5, 5.41) is 13.1. The highest BCUT2D eigenvalue weighted by Gasteiger charge is 2.34. The fraction of sp³-hybridized carbons (Fsp3) is 0.333. The van der Waals surface area contributed by atoms with Crippen LogP contribution in [-0.4, -0.2) is 27.2 Å². The molecule has 0 spiro atoms. The van der Waals surface area contributed by atoms with Crippen LogP contribution in [-0.2, 0) is 6.42 Å². The van der Waals surface area contributed by atoms with E-state index in [1.54, 1.807) is 6.07 Å². The van der Waals surface area contributed by atoms with Crippen molar-refractivity contribution < 1.29 is 14.2 Å². The first-order valence-electron chi connectivity index (χ1n) is 9.07. The van der Waals surface area contributed by atoms with Crippen molar-refractivity contribution in [2.75, 3.05) is 6.54 Å². The molecule has 5 nitrogen and oxygen atoms in total. The van der Waals surface area contributed by atoms with E-state index in [1.165, 1.54) is 12.3 Å². The minimum Gasteiger partial charge on any atom is -0.492 e. The molecule has 2 heterocycles. The summed E-state index contributed by atoms with van der Waals surface area (Å²) in [5.74, 6) is 0.451. The highest BCUT2D eigenvalue weighted by molar-refractivity contribution is 5.85. The van der Waals surface area contributed by atoms with Crippen LogP contribution in [0.25, 0.3) is 11.0 Å². The van der Waals surface area contributed by atoms with Gasteiger partial charge in [-0.3, -0.25) is 0 Å². The topological polar surface area (TPSA) is 67.3 Å². The van der Waals surface area contributed by atoms with Crippen molar-refractivity contribution in [3.63, 3.8) is 0 Å². The molecule has 1 aliphatic rings. The van der Waals surface area contributed by atoms with Crippen LogP contribution in [0, 0.1) is 5.82 Å². The third-order valence-corrected chi connectivity index (χ3v) is 4.86. The van der Waals surface area contributed by atoms with Crippen molar-refractivity contribution in [3.8, 4) is 11.6 Å². The number of hydrogen-bond donors (Lipinski definition) is 2. The number of rotatable bonds is 4. The van der Waals surface area contributed by atoms with Crippen LogP contribution in [0.1, 0.15) is 37.4 Å². The Morgan fingerprint density at radius 2 is 2.04 bits per heavy atom. The molecule has 1 aliphatic heterocycles. The van der Waals surface area contributed by atoms with E-state index in [0.29, 0.717) is 29.6 Å². The predicted octanol–water partition coefficient (Wildman–Crippen LogP) is 4.33. The molecule has 1 aromatic heterocycles. The fourth-order valence-corrected chi connectivity index (χ4v) is 3.61. The molecule has 0 fully saturated rings. The molecule has 0 radical (unpaired) electrons. The average molecular weight is 404 g/mol. The highest BCUT2D eigenvalue weighted by atomic mass is 35.5. The zero-order valence-electron chi connectivity index (χ0n) is 15.8. The lowest BCUT2D eigenvalue weighted by Gasteiger charge is -2.38. The van der Waals surface area contributed by atoms with Gasteiger partial charge >= 0.3 is 0 Å². The Labute approximate surface area is 169 Å². The van der Waals surface area contributed by atoms with Gasteiger partial charge in [0.05, 0.1) is 17.2 Å². The minimum atomic E-state index is -0.347. The summed E-state index contributed by atoms with van der Waals surface area (Å²) < 4.78 is 20.0. The number of hydrogen-bond acceptors (Lipinski definition) is 5. The molecule has 1 atom stereocenters. The standard InChI is InChI=1S/C21H22FN3O2.ClH/c1-21(2)11-18(23-8-7-13-5-3-4-6-15(13)22)14-9-16-17(10-19(14)27-21)25-20(26)12-24-16;/h3-6,9-10,12,18,23H,7-8,11H2,1-2H3,(H,25,26);1H/t18-;/m0./s1. The number of nitrogens with zero attached hydrogens (tertiary/aromatic N) is 2. The van der Waals surface area contributed by atoms with Gasteiger partial charge < -0.3 is 15.2 Å². The van der Waals surface area contributed by atoms with Crippen molar-refractivity contribution in [1.82, 2.24) is 15.3 Å². The van der Waals surface area contributed by atoms with E-state index in [-0.39, 0.29) is 35.7 Å². The molecule has 2 N–H and O–H groups in total. The van der Waals surface area contributed by atoms with Crippen LogP contribution < -0.4 is 10.1 Å². The number of aromatic hydroxyl groups is 1. The Bertz CT molecular complexity index is 997. The number of aromatic nitrogens is 2. The molecule has 0 saturated carbocycles. The number of nitrogens with one attached hydrogen (secondary N) is 1. The molecule has 0 unspecified atom stereocenters. The van der Waals surface area contributed by atoms with Gasteiger partial charge in [-0.1, -0.05) is 18.2 Å². The predicted molar refractivity (Wildman–Crippen MR) is 109 cm³/mol. The van der Waals surface area contributed by atoms with Crippen LogP contribution >= 0.6 is 12.4 Å². The zero-order chi connectivity index (χ0) is 19.0. The molecular formula is C21H23ClFN3O2. The molecule has 4 rings (SSSR count). The first kappa shape index (κ1) is 20.3. The maximum Gasteiger partial charge on any atom is 0.230 e. The molecule has 0 aliphatic carbocycles. The van der Waals surface area contributed by atoms with Crippen LogP contribution in [0.2, 0.25) is 0 Å². The lowest BCUT2D eigenvalue weighted by Crippen LogP contribution is -2.40. The molecule has 0 bridgehead atoms. The Hall–Kier alpha value is -2.44. The molecule has 2 aromatic carbocycles. The largest absolute Gasteiger partial charge is 0.492 e. The van der Waals surface area contributed by atoms with Crippen molar-refractivity contribution in [2.24, 2.45) is 0 Å². The van der Waals surface area contributed by atoms with E-state index in [4.69, 9.17) is 4.74 Å².